The minimum absolute atomic E-state index is 0.224. The van der Waals surface area contributed by atoms with Gasteiger partial charge in [-0.05, 0) is 38.5 Å². The van der Waals surface area contributed by atoms with E-state index in [1.165, 1.54) is 12.8 Å². The summed E-state index contributed by atoms with van der Waals surface area (Å²) >= 11 is 0. The Morgan fingerprint density at radius 2 is 1.93 bits per heavy atom. The second-order valence-corrected chi connectivity index (χ2v) is 5.61. The van der Waals surface area contributed by atoms with E-state index in [0.29, 0.717) is 23.9 Å². The molecule has 0 bridgehead atoms. The number of hydrogen-bond donors (Lipinski definition) is 1. The molecule has 2 nitrogen and oxygen atoms in total. The van der Waals surface area contributed by atoms with Crippen LogP contribution in [-0.4, -0.2) is 22.9 Å². The van der Waals surface area contributed by atoms with Gasteiger partial charge in [0.2, 0.25) is 0 Å². The summed E-state index contributed by atoms with van der Waals surface area (Å²) in [5.74, 6) is 1.38. The van der Waals surface area contributed by atoms with E-state index in [1.54, 1.807) is 0 Å². The van der Waals surface area contributed by atoms with Gasteiger partial charge in [0.25, 0.3) is 0 Å². The number of hydrogen-bond acceptors (Lipinski definition) is 2. The van der Waals surface area contributed by atoms with Gasteiger partial charge in [0, 0.05) is 5.92 Å². The molecule has 1 aliphatic heterocycles. The second kappa shape index (κ2) is 3.74. The van der Waals surface area contributed by atoms with Crippen molar-refractivity contribution in [2.75, 3.05) is 0 Å². The van der Waals surface area contributed by atoms with Crippen LogP contribution in [0, 0.1) is 17.8 Å². The van der Waals surface area contributed by atoms with Gasteiger partial charge in [-0.2, -0.15) is 0 Å². The molecule has 0 spiro atoms. The highest BCUT2D eigenvalue weighted by atomic mass is 16.5. The summed E-state index contributed by atoms with van der Waals surface area (Å²) in [6.07, 6.45) is 3.87. The van der Waals surface area contributed by atoms with Crippen molar-refractivity contribution in [3.8, 4) is 0 Å². The molecule has 1 N–H and O–H groups in total. The second-order valence-electron chi connectivity index (χ2n) is 5.61. The van der Waals surface area contributed by atoms with E-state index in [1.807, 2.05) is 0 Å². The Morgan fingerprint density at radius 1 is 1.27 bits per heavy atom. The van der Waals surface area contributed by atoms with Crippen LogP contribution < -0.4 is 0 Å². The molecule has 2 heteroatoms. The molecule has 0 aromatic heterocycles. The fourth-order valence-corrected chi connectivity index (χ4v) is 3.57. The van der Waals surface area contributed by atoms with Crippen molar-refractivity contribution >= 4 is 0 Å². The van der Waals surface area contributed by atoms with E-state index in [9.17, 15) is 5.11 Å². The predicted octanol–water partition coefficient (Wildman–Crippen LogP) is 2.60. The molecule has 1 saturated heterocycles. The maximum absolute atomic E-state index is 10.6. The molecule has 0 aromatic rings. The van der Waals surface area contributed by atoms with Gasteiger partial charge < -0.3 is 9.84 Å². The van der Waals surface area contributed by atoms with Gasteiger partial charge in [-0.25, -0.2) is 0 Å². The van der Waals surface area contributed by atoms with Gasteiger partial charge in [0.1, 0.15) is 0 Å². The molecule has 6 atom stereocenters. The van der Waals surface area contributed by atoms with Crippen LogP contribution in [0.1, 0.15) is 47.0 Å². The van der Waals surface area contributed by atoms with Crippen LogP contribution in [0.25, 0.3) is 0 Å². The zero-order valence-electron chi connectivity index (χ0n) is 10.4. The van der Waals surface area contributed by atoms with Crippen LogP contribution in [0.3, 0.4) is 0 Å². The first kappa shape index (κ1) is 11.4. The van der Waals surface area contributed by atoms with E-state index in [2.05, 4.69) is 27.7 Å². The molecule has 6 unspecified atom stereocenters. The van der Waals surface area contributed by atoms with Gasteiger partial charge in [-0.1, -0.05) is 20.3 Å². The molecule has 2 fully saturated rings. The Kier molecular flexibility index (Phi) is 2.85. The molecule has 2 rings (SSSR count). The van der Waals surface area contributed by atoms with Crippen molar-refractivity contribution in [1.82, 2.24) is 0 Å². The molecule has 0 radical (unpaired) electrons. The molecule has 2 aliphatic rings. The lowest BCUT2D eigenvalue weighted by Crippen LogP contribution is -2.34. The van der Waals surface area contributed by atoms with Gasteiger partial charge in [0.05, 0.1) is 17.8 Å². The number of ether oxygens (including phenoxy) is 1. The third kappa shape index (κ3) is 1.72. The topological polar surface area (TPSA) is 29.5 Å². The summed E-state index contributed by atoms with van der Waals surface area (Å²) in [7, 11) is 0. The molecule has 1 aliphatic carbocycles. The SMILES string of the molecule is CCCC1CC1(O)C1C(C)OC(C)C1C. The number of rotatable bonds is 3. The van der Waals surface area contributed by atoms with E-state index in [4.69, 9.17) is 4.74 Å². The van der Waals surface area contributed by atoms with Gasteiger partial charge in [-0.15, -0.1) is 0 Å². The third-order valence-corrected chi connectivity index (χ3v) is 4.58. The molecule has 15 heavy (non-hydrogen) atoms. The first-order valence-corrected chi connectivity index (χ1v) is 6.38. The summed E-state index contributed by atoms with van der Waals surface area (Å²) in [4.78, 5) is 0. The first-order valence-electron chi connectivity index (χ1n) is 6.38. The molecular formula is C13H24O2. The first-order chi connectivity index (χ1) is 7.00. The normalized spacial score (nSPS) is 54.6. The van der Waals surface area contributed by atoms with E-state index >= 15 is 0 Å². The van der Waals surface area contributed by atoms with Crippen molar-refractivity contribution in [3.05, 3.63) is 0 Å². The van der Waals surface area contributed by atoms with Gasteiger partial charge in [0.15, 0.2) is 0 Å². The molecular weight excluding hydrogens is 188 g/mol. The van der Waals surface area contributed by atoms with E-state index < -0.39 is 5.60 Å². The zero-order chi connectivity index (χ0) is 11.2. The molecule has 1 saturated carbocycles. The summed E-state index contributed by atoms with van der Waals surface area (Å²) in [5, 5.41) is 10.6. The minimum Gasteiger partial charge on any atom is -0.389 e. The quantitative estimate of drug-likeness (QED) is 0.779. The van der Waals surface area contributed by atoms with Crippen LogP contribution in [-0.2, 0) is 4.74 Å². The standard InChI is InChI=1S/C13H24O2/c1-5-6-11-7-13(11,14)12-8(2)9(3)15-10(12)4/h8-12,14H,5-7H2,1-4H3. The fraction of sp³-hybridized carbons (Fsp3) is 1.00. The highest BCUT2D eigenvalue weighted by Crippen LogP contribution is 2.57. The predicted molar refractivity (Wildman–Crippen MR) is 60.6 cm³/mol. The molecule has 0 amide bonds. The Labute approximate surface area is 93.0 Å². The Bertz CT molecular complexity index is 241. The Hall–Kier alpha value is -0.0800. The molecule has 88 valence electrons. The van der Waals surface area contributed by atoms with Crippen LogP contribution in [0.5, 0.6) is 0 Å². The van der Waals surface area contributed by atoms with Crippen LogP contribution in [0.4, 0.5) is 0 Å². The highest BCUT2D eigenvalue weighted by Gasteiger charge is 2.62. The van der Waals surface area contributed by atoms with Crippen molar-refractivity contribution in [3.63, 3.8) is 0 Å². The Morgan fingerprint density at radius 3 is 2.40 bits per heavy atom. The summed E-state index contributed by atoms with van der Waals surface area (Å²) in [6, 6.07) is 0. The number of aliphatic hydroxyl groups is 1. The van der Waals surface area contributed by atoms with Crippen LogP contribution >= 0.6 is 0 Å². The van der Waals surface area contributed by atoms with Crippen molar-refractivity contribution in [2.24, 2.45) is 17.8 Å². The summed E-state index contributed by atoms with van der Waals surface area (Å²) in [5.41, 5.74) is -0.403. The van der Waals surface area contributed by atoms with Crippen molar-refractivity contribution in [1.29, 1.82) is 0 Å². The average molecular weight is 212 g/mol. The van der Waals surface area contributed by atoms with Gasteiger partial charge in [-0.3, -0.25) is 0 Å². The lowest BCUT2D eigenvalue weighted by atomic mass is 9.82. The maximum atomic E-state index is 10.6. The fourth-order valence-electron chi connectivity index (χ4n) is 3.57. The van der Waals surface area contributed by atoms with Crippen molar-refractivity contribution < 1.29 is 9.84 Å². The Balaban J connectivity index is 2.05. The summed E-state index contributed by atoms with van der Waals surface area (Å²) < 4.78 is 5.82. The van der Waals surface area contributed by atoms with E-state index in [0.717, 1.165) is 6.42 Å². The largest absolute Gasteiger partial charge is 0.389 e. The van der Waals surface area contributed by atoms with Gasteiger partial charge >= 0.3 is 0 Å². The summed E-state index contributed by atoms with van der Waals surface area (Å²) in [6.45, 7) is 8.66. The lowest BCUT2D eigenvalue weighted by molar-refractivity contribution is 0.00341. The van der Waals surface area contributed by atoms with Crippen LogP contribution in [0.2, 0.25) is 0 Å². The van der Waals surface area contributed by atoms with E-state index in [-0.39, 0.29) is 6.10 Å². The maximum Gasteiger partial charge on any atom is 0.0736 e. The molecule has 1 heterocycles. The zero-order valence-corrected chi connectivity index (χ0v) is 10.4. The molecule has 0 aromatic carbocycles. The third-order valence-electron chi connectivity index (χ3n) is 4.58. The minimum atomic E-state index is -0.403. The smallest absolute Gasteiger partial charge is 0.0736 e. The average Bonchev–Trinajstić information content (AvgIpc) is 2.69. The monoisotopic (exact) mass is 212 g/mol. The lowest BCUT2D eigenvalue weighted by Gasteiger charge is -2.25. The van der Waals surface area contributed by atoms with Crippen LogP contribution in [0.15, 0.2) is 0 Å². The highest BCUT2D eigenvalue weighted by molar-refractivity contribution is 5.12. The van der Waals surface area contributed by atoms with Crippen molar-refractivity contribution in [2.45, 2.75) is 64.8 Å².